The van der Waals surface area contributed by atoms with E-state index in [9.17, 15) is 14.5 Å². The molecule has 0 radical (unpaired) electrons. The van der Waals surface area contributed by atoms with Crippen molar-refractivity contribution in [2.45, 2.75) is 6.92 Å². The van der Waals surface area contributed by atoms with Gasteiger partial charge >= 0.3 is 13.4 Å². The van der Waals surface area contributed by atoms with Gasteiger partial charge in [0.05, 0.1) is 0 Å². The maximum absolute atomic E-state index is 11.5. The molecule has 0 atom stereocenters. The van der Waals surface area contributed by atoms with Gasteiger partial charge in [0.2, 0.25) is 5.75 Å². The lowest BCUT2D eigenvalue weighted by atomic mass is 10.1. The highest BCUT2D eigenvalue weighted by molar-refractivity contribution is 7.46. The van der Waals surface area contributed by atoms with Crippen molar-refractivity contribution in [1.82, 2.24) is 0 Å². The smallest absolute Gasteiger partial charge is 0.508 e. The van der Waals surface area contributed by atoms with Crippen LogP contribution < -0.4 is 10.1 Å². The van der Waals surface area contributed by atoms with Crippen molar-refractivity contribution in [1.29, 1.82) is 0 Å². The average molecular weight is 272 g/mol. The van der Waals surface area contributed by atoms with Gasteiger partial charge in [0, 0.05) is 17.0 Å². The fraction of sp³-hybridized carbons (Fsp3) is 0.100. The number of rotatable bonds is 2. The van der Waals surface area contributed by atoms with Gasteiger partial charge in [0.25, 0.3) is 0 Å². The number of phenols is 1. The van der Waals surface area contributed by atoms with Crippen molar-refractivity contribution in [2.75, 3.05) is 0 Å². The molecule has 3 N–H and O–H groups in total. The summed E-state index contributed by atoms with van der Waals surface area (Å²) in [6.45, 7) is 1.46. The first kappa shape index (κ1) is 12.6. The largest absolute Gasteiger partial charge is 0.525 e. The van der Waals surface area contributed by atoms with Crippen molar-refractivity contribution in [3.05, 3.63) is 34.2 Å². The van der Waals surface area contributed by atoms with Gasteiger partial charge < -0.3 is 14.0 Å². The molecular formula is C10H9O7P. The maximum Gasteiger partial charge on any atom is 0.525 e. The van der Waals surface area contributed by atoms with E-state index < -0.39 is 19.2 Å². The van der Waals surface area contributed by atoms with Gasteiger partial charge in [-0.05, 0) is 19.1 Å². The molecule has 2 rings (SSSR count). The van der Waals surface area contributed by atoms with E-state index >= 15 is 0 Å². The van der Waals surface area contributed by atoms with Crippen molar-refractivity contribution in [3.8, 4) is 11.5 Å². The fourth-order valence-electron chi connectivity index (χ4n) is 1.55. The highest BCUT2D eigenvalue weighted by atomic mass is 31.2. The summed E-state index contributed by atoms with van der Waals surface area (Å²) in [5, 5.41) is 9.66. The number of fused-ring (bicyclic) bond motifs is 1. The molecule has 0 amide bonds. The summed E-state index contributed by atoms with van der Waals surface area (Å²) in [6.07, 6.45) is 0. The Kier molecular flexibility index (Phi) is 2.90. The van der Waals surface area contributed by atoms with E-state index in [1.807, 2.05) is 0 Å². The predicted octanol–water partition coefficient (Wildman–Crippen LogP) is 1.28. The third-order valence-electron chi connectivity index (χ3n) is 2.31. The summed E-state index contributed by atoms with van der Waals surface area (Å²) in [5.41, 5.74) is -0.686. The minimum absolute atomic E-state index is 0.0892. The van der Waals surface area contributed by atoms with Gasteiger partial charge in [-0.1, -0.05) is 0 Å². The SMILES string of the molecule is Cc1c(OP(=O)(O)O)c(=O)oc2cc(O)ccc12. The Morgan fingerprint density at radius 1 is 1.33 bits per heavy atom. The third kappa shape index (κ3) is 2.38. The second kappa shape index (κ2) is 4.13. The van der Waals surface area contributed by atoms with Crippen molar-refractivity contribution >= 4 is 18.8 Å². The van der Waals surface area contributed by atoms with Crippen molar-refractivity contribution < 1.29 is 28.4 Å². The molecule has 0 bridgehead atoms. The summed E-state index contributed by atoms with van der Waals surface area (Å²) in [4.78, 5) is 28.9. The molecule has 0 spiro atoms. The lowest BCUT2D eigenvalue weighted by molar-refractivity contribution is 0.277. The van der Waals surface area contributed by atoms with Crippen LogP contribution in [0.3, 0.4) is 0 Å². The highest BCUT2D eigenvalue weighted by Crippen LogP contribution is 2.39. The number of aromatic hydroxyl groups is 1. The first-order valence-corrected chi connectivity index (χ1v) is 6.32. The van der Waals surface area contributed by atoms with Gasteiger partial charge in [-0.15, -0.1) is 0 Å². The van der Waals surface area contributed by atoms with Crippen LogP contribution in [0.15, 0.2) is 27.4 Å². The first-order valence-electron chi connectivity index (χ1n) is 4.79. The predicted molar refractivity (Wildman–Crippen MR) is 61.6 cm³/mol. The van der Waals surface area contributed by atoms with E-state index in [0.29, 0.717) is 5.39 Å². The lowest BCUT2D eigenvalue weighted by Gasteiger charge is -2.09. The summed E-state index contributed by atoms with van der Waals surface area (Å²) in [6, 6.07) is 4.04. The third-order valence-corrected chi connectivity index (χ3v) is 2.73. The minimum Gasteiger partial charge on any atom is -0.508 e. The Morgan fingerprint density at radius 2 is 2.00 bits per heavy atom. The Morgan fingerprint density at radius 3 is 2.61 bits per heavy atom. The quantitative estimate of drug-likeness (QED) is 0.556. The van der Waals surface area contributed by atoms with Gasteiger partial charge in [-0.3, -0.25) is 9.79 Å². The molecule has 1 heterocycles. The van der Waals surface area contributed by atoms with Crippen LogP contribution in [0, 0.1) is 6.92 Å². The zero-order valence-corrected chi connectivity index (χ0v) is 10.0. The summed E-state index contributed by atoms with van der Waals surface area (Å²) >= 11 is 0. The number of phosphoric acid groups is 1. The topological polar surface area (TPSA) is 117 Å². The zero-order chi connectivity index (χ0) is 13.5. The number of phenolic OH excluding ortho intramolecular Hbond substituents is 1. The fourth-order valence-corrected chi connectivity index (χ4v) is 2.00. The Hall–Kier alpha value is -1.82. The maximum atomic E-state index is 11.5. The molecule has 0 aliphatic heterocycles. The second-order valence-electron chi connectivity index (χ2n) is 3.61. The van der Waals surface area contributed by atoms with Crippen LogP contribution in [0.4, 0.5) is 0 Å². The van der Waals surface area contributed by atoms with Gasteiger partial charge in [0.15, 0.2) is 0 Å². The molecule has 2 aromatic rings. The van der Waals surface area contributed by atoms with E-state index in [0.717, 1.165) is 0 Å². The zero-order valence-electron chi connectivity index (χ0n) is 9.15. The minimum atomic E-state index is -4.84. The molecule has 0 unspecified atom stereocenters. The summed E-state index contributed by atoms with van der Waals surface area (Å²) in [5.74, 6) is -0.629. The molecule has 96 valence electrons. The van der Waals surface area contributed by atoms with E-state index in [2.05, 4.69) is 4.52 Å². The van der Waals surface area contributed by atoms with Crippen LogP contribution >= 0.6 is 7.82 Å². The van der Waals surface area contributed by atoms with Gasteiger partial charge in [0.1, 0.15) is 11.3 Å². The Bertz CT molecular complexity index is 712. The molecular weight excluding hydrogens is 263 g/mol. The highest BCUT2D eigenvalue weighted by Gasteiger charge is 2.22. The normalized spacial score (nSPS) is 11.7. The summed E-state index contributed by atoms with van der Waals surface area (Å²) < 4.78 is 19.9. The molecule has 8 heteroatoms. The molecule has 1 aromatic heterocycles. The molecule has 0 aliphatic carbocycles. The average Bonchev–Trinajstić information content (AvgIpc) is 2.22. The van der Waals surface area contributed by atoms with Crippen molar-refractivity contribution in [3.63, 3.8) is 0 Å². The van der Waals surface area contributed by atoms with Crippen LogP contribution in [0.2, 0.25) is 0 Å². The molecule has 0 fully saturated rings. The number of benzene rings is 1. The Labute approximate surface area is 100 Å². The molecule has 0 saturated heterocycles. The molecule has 7 nitrogen and oxygen atoms in total. The summed E-state index contributed by atoms with van der Waals surface area (Å²) in [7, 11) is -4.84. The van der Waals surface area contributed by atoms with Gasteiger partial charge in [-0.25, -0.2) is 9.36 Å². The van der Waals surface area contributed by atoms with E-state index in [1.165, 1.54) is 25.1 Å². The van der Waals surface area contributed by atoms with Gasteiger partial charge in [-0.2, -0.15) is 0 Å². The molecule has 0 aliphatic rings. The van der Waals surface area contributed by atoms with Crippen molar-refractivity contribution in [2.24, 2.45) is 0 Å². The van der Waals surface area contributed by atoms with Crippen LogP contribution in [0.25, 0.3) is 11.0 Å². The monoisotopic (exact) mass is 272 g/mol. The van der Waals surface area contributed by atoms with Crippen LogP contribution in [0.5, 0.6) is 11.5 Å². The van der Waals surface area contributed by atoms with E-state index in [-0.39, 0.29) is 16.9 Å². The number of aryl methyl sites for hydroxylation is 1. The van der Waals surface area contributed by atoms with Crippen LogP contribution in [-0.4, -0.2) is 14.9 Å². The molecule has 1 aromatic carbocycles. The number of hydrogen-bond acceptors (Lipinski definition) is 5. The molecule has 18 heavy (non-hydrogen) atoms. The Balaban J connectivity index is 2.73. The standard InChI is InChI=1S/C10H9O7P/c1-5-7-3-2-6(11)4-8(7)16-10(12)9(5)17-18(13,14)15/h2-4,11H,1H3,(H2,13,14,15). The van der Waals surface area contributed by atoms with E-state index in [1.54, 1.807) is 0 Å². The second-order valence-corrected chi connectivity index (χ2v) is 4.77. The number of hydrogen-bond donors (Lipinski definition) is 3. The molecule has 0 saturated carbocycles. The van der Waals surface area contributed by atoms with Crippen LogP contribution in [-0.2, 0) is 4.57 Å². The van der Waals surface area contributed by atoms with Crippen LogP contribution in [0.1, 0.15) is 5.56 Å². The van der Waals surface area contributed by atoms with E-state index in [4.69, 9.17) is 14.2 Å². The lowest BCUT2D eigenvalue weighted by Crippen LogP contribution is -2.07. The number of phosphoric ester groups is 1. The first-order chi connectivity index (χ1) is 8.28.